The summed E-state index contributed by atoms with van der Waals surface area (Å²) in [7, 11) is 0. The Labute approximate surface area is 102 Å². The van der Waals surface area contributed by atoms with Crippen molar-refractivity contribution >= 4 is 11.6 Å². The summed E-state index contributed by atoms with van der Waals surface area (Å²) >= 11 is 0. The van der Waals surface area contributed by atoms with Gasteiger partial charge in [0, 0.05) is 31.4 Å². The van der Waals surface area contributed by atoms with Crippen LogP contribution in [0.15, 0.2) is 24.3 Å². The number of nitrogens with two attached hydrogens (primary N) is 1. The van der Waals surface area contributed by atoms with Gasteiger partial charge in [-0.05, 0) is 24.6 Å². The van der Waals surface area contributed by atoms with Gasteiger partial charge in [0.2, 0.25) is 5.91 Å². The van der Waals surface area contributed by atoms with Gasteiger partial charge in [-0.2, -0.15) is 0 Å². The molecular formula is C13H19N3O. The molecule has 3 N–H and O–H groups in total. The number of hydrogen-bond donors (Lipinski definition) is 2. The van der Waals surface area contributed by atoms with E-state index in [0.717, 1.165) is 30.9 Å². The van der Waals surface area contributed by atoms with Crippen LogP contribution in [0.3, 0.4) is 0 Å². The Morgan fingerprint density at radius 1 is 1.47 bits per heavy atom. The number of carbonyl (C=O) groups excluding carboxylic acids is 1. The molecule has 92 valence electrons. The number of nitrogens with one attached hydrogen (secondary N) is 1. The Bertz CT molecular complexity index is 388. The molecule has 1 aliphatic rings. The SMILES string of the molecule is C[C@H]1CNCCN1C(=O)Cc1ccc(N)cc1. The number of benzene rings is 1. The first-order valence-corrected chi connectivity index (χ1v) is 6.01. The first kappa shape index (κ1) is 11.9. The normalized spacial score (nSPS) is 20.3. The van der Waals surface area contributed by atoms with E-state index >= 15 is 0 Å². The average molecular weight is 233 g/mol. The highest BCUT2D eigenvalue weighted by molar-refractivity contribution is 5.79. The molecular weight excluding hydrogens is 214 g/mol. The number of amides is 1. The molecule has 2 rings (SSSR count). The Kier molecular flexibility index (Phi) is 3.64. The lowest BCUT2D eigenvalue weighted by Crippen LogP contribution is -2.52. The monoisotopic (exact) mass is 233 g/mol. The van der Waals surface area contributed by atoms with E-state index in [0.29, 0.717) is 6.42 Å². The topological polar surface area (TPSA) is 58.4 Å². The molecule has 1 heterocycles. The zero-order valence-corrected chi connectivity index (χ0v) is 10.1. The lowest BCUT2D eigenvalue weighted by Gasteiger charge is -2.34. The van der Waals surface area contributed by atoms with Gasteiger partial charge < -0.3 is 16.0 Å². The molecule has 4 nitrogen and oxygen atoms in total. The second kappa shape index (κ2) is 5.19. The Hall–Kier alpha value is -1.55. The predicted molar refractivity (Wildman–Crippen MR) is 68.6 cm³/mol. The molecule has 4 heteroatoms. The lowest BCUT2D eigenvalue weighted by atomic mass is 10.1. The molecule has 1 amide bonds. The van der Waals surface area contributed by atoms with Crippen LogP contribution >= 0.6 is 0 Å². The summed E-state index contributed by atoms with van der Waals surface area (Å²) in [5.41, 5.74) is 7.37. The number of carbonyl (C=O) groups is 1. The molecule has 1 aliphatic heterocycles. The maximum absolute atomic E-state index is 12.1. The molecule has 17 heavy (non-hydrogen) atoms. The number of nitrogen functional groups attached to an aromatic ring is 1. The highest BCUT2D eigenvalue weighted by Crippen LogP contribution is 2.10. The zero-order valence-electron chi connectivity index (χ0n) is 10.1. The first-order valence-electron chi connectivity index (χ1n) is 6.01. The molecule has 1 saturated heterocycles. The number of anilines is 1. The van der Waals surface area contributed by atoms with Crippen LogP contribution in [-0.2, 0) is 11.2 Å². The van der Waals surface area contributed by atoms with Gasteiger partial charge in [0.1, 0.15) is 0 Å². The summed E-state index contributed by atoms with van der Waals surface area (Å²) in [6.45, 7) is 4.65. The van der Waals surface area contributed by atoms with Crippen LogP contribution in [0, 0.1) is 0 Å². The van der Waals surface area contributed by atoms with Crippen molar-refractivity contribution in [2.24, 2.45) is 0 Å². The number of rotatable bonds is 2. The summed E-state index contributed by atoms with van der Waals surface area (Å²) < 4.78 is 0. The highest BCUT2D eigenvalue weighted by Gasteiger charge is 2.22. The molecule has 1 atom stereocenters. The van der Waals surface area contributed by atoms with E-state index in [1.807, 2.05) is 29.2 Å². The van der Waals surface area contributed by atoms with Gasteiger partial charge in [0.25, 0.3) is 0 Å². The van der Waals surface area contributed by atoms with Gasteiger partial charge >= 0.3 is 0 Å². The minimum absolute atomic E-state index is 0.198. The van der Waals surface area contributed by atoms with Crippen LogP contribution in [0.5, 0.6) is 0 Å². The minimum Gasteiger partial charge on any atom is -0.399 e. The van der Waals surface area contributed by atoms with Gasteiger partial charge in [-0.25, -0.2) is 0 Å². The second-order valence-electron chi connectivity index (χ2n) is 4.56. The fourth-order valence-corrected chi connectivity index (χ4v) is 2.12. The zero-order chi connectivity index (χ0) is 12.3. The lowest BCUT2D eigenvalue weighted by molar-refractivity contribution is -0.133. The van der Waals surface area contributed by atoms with E-state index in [1.54, 1.807) is 0 Å². The Morgan fingerprint density at radius 2 is 2.18 bits per heavy atom. The summed E-state index contributed by atoms with van der Waals surface area (Å²) in [5, 5.41) is 3.28. The van der Waals surface area contributed by atoms with Crippen LogP contribution in [0.4, 0.5) is 5.69 Å². The molecule has 0 saturated carbocycles. The van der Waals surface area contributed by atoms with E-state index in [-0.39, 0.29) is 11.9 Å². The Balaban J connectivity index is 1.98. The van der Waals surface area contributed by atoms with Gasteiger partial charge in [-0.15, -0.1) is 0 Å². The van der Waals surface area contributed by atoms with E-state index in [2.05, 4.69) is 12.2 Å². The van der Waals surface area contributed by atoms with Gasteiger partial charge in [-0.3, -0.25) is 4.79 Å². The van der Waals surface area contributed by atoms with Crippen molar-refractivity contribution in [3.63, 3.8) is 0 Å². The maximum Gasteiger partial charge on any atom is 0.227 e. The van der Waals surface area contributed by atoms with Crippen molar-refractivity contribution in [1.29, 1.82) is 0 Å². The van der Waals surface area contributed by atoms with E-state index < -0.39 is 0 Å². The molecule has 0 aromatic heterocycles. The third kappa shape index (κ3) is 2.97. The molecule has 0 aliphatic carbocycles. The smallest absolute Gasteiger partial charge is 0.227 e. The summed E-state index contributed by atoms with van der Waals surface area (Å²) in [5.74, 6) is 0.198. The molecule has 1 aromatic carbocycles. The third-order valence-electron chi connectivity index (χ3n) is 3.16. The molecule has 1 aromatic rings. The largest absolute Gasteiger partial charge is 0.399 e. The van der Waals surface area contributed by atoms with Crippen molar-refractivity contribution in [3.8, 4) is 0 Å². The quantitative estimate of drug-likeness (QED) is 0.737. The fourth-order valence-electron chi connectivity index (χ4n) is 2.12. The van der Waals surface area contributed by atoms with Gasteiger partial charge in [-0.1, -0.05) is 12.1 Å². The van der Waals surface area contributed by atoms with E-state index in [4.69, 9.17) is 5.73 Å². The van der Waals surface area contributed by atoms with Crippen LogP contribution in [-0.4, -0.2) is 36.5 Å². The molecule has 0 radical (unpaired) electrons. The highest BCUT2D eigenvalue weighted by atomic mass is 16.2. The molecule has 0 bridgehead atoms. The van der Waals surface area contributed by atoms with Crippen LogP contribution in [0.2, 0.25) is 0 Å². The van der Waals surface area contributed by atoms with Gasteiger partial charge in [0.05, 0.1) is 6.42 Å². The van der Waals surface area contributed by atoms with Crippen molar-refractivity contribution < 1.29 is 4.79 Å². The van der Waals surface area contributed by atoms with Gasteiger partial charge in [0.15, 0.2) is 0 Å². The first-order chi connectivity index (χ1) is 8.16. The summed E-state index contributed by atoms with van der Waals surface area (Å²) in [4.78, 5) is 14.1. The van der Waals surface area contributed by atoms with E-state index in [9.17, 15) is 4.79 Å². The van der Waals surface area contributed by atoms with E-state index in [1.165, 1.54) is 0 Å². The third-order valence-corrected chi connectivity index (χ3v) is 3.16. The van der Waals surface area contributed by atoms with Crippen LogP contribution < -0.4 is 11.1 Å². The predicted octanol–water partition coefficient (Wildman–Crippen LogP) is 0.632. The Morgan fingerprint density at radius 3 is 2.82 bits per heavy atom. The van der Waals surface area contributed by atoms with Crippen molar-refractivity contribution in [2.75, 3.05) is 25.4 Å². The molecule has 0 unspecified atom stereocenters. The van der Waals surface area contributed by atoms with Crippen molar-refractivity contribution in [3.05, 3.63) is 29.8 Å². The fraction of sp³-hybridized carbons (Fsp3) is 0.462. The number of nitrogens with zero attached hydrogens (tertiary/aromatic N) is 1. The van der Waals surface area contributed by atoms with Crippen molar-refractivity contribution in [1.82, 2.24) is 10.2 Å². The summed E-state index contributed by atoms with van der Waals surface area (Å²) in [6.07, 6.45) is 0.463. The average Bonchev–Trinajstić information content (AvgIpc) is 2.32. The summed E-state index contributed by atoms with van der Waals surface area (Å²) in [6, 6.07) is 7.79. The van der Waals surface area contributed by atoms with Crippen molar-refractivity contribution in [2.45, 2.75) is 19.4 Å². The number of piperazine rings is 1. The minimum atomic E-state index is 0.198. The molecule has 0 spiro atoms. The number of hydrogen-bond acceptors (Lipinski definition) is 3. The van der Waals surface area contributed by atoms with Crippen LogP contribution in [0.25, 0.3) is 0 Å². The standard InChI is InChI=1S/C13H19N3O/c1-10-9-15-6-7-16(10)13(17)8-11-2-4-12(14)5-3-11/h2-5,10,15H,6-9,14H2,1H3/t10-/m0/s1. The van der Waals surface area contributed by atoms with Crippen LogP contribution in [0.1, 0.15) is 12.5 Å². The molecule has 1 fully saturated rings. The maximum atomic E-state index is 12.1. The second-order valence-corrected chi connectivity index (χ2v) is 4.56.